The highest BCUT2D eigenvalue weighted by Crippen LogP contribution is 2.29. The van der Waals surface area contributed by atoms with E-state index in [1.54, 1.807) is 6.07 Å². The summed E-state index contributed by atoms with van der Waals surface area (Å²) >= 11 is 0.951. The molecule has 9 heteroatoms. The molecule has 1 saturated heterocycles. The molecule has 1 fully saturated rings. The van der Waals surface area contributed by atoms with Crippen LogP contribution in [0.5, 0.6) is 5.06 Å². The highest BCUT2D eigenvalue weighted by atomic mass is 32.1. The molecule has 0 bridgehead atoms. The highest BCUT2D eigenvalue weighted by Gasteiger charge is 2.44. The van der Waals surface area contributed by atoms with Crippen molar-refractivity contribution in [1.82, 2.24) is 10.2 Å². The average molecular weight is 432 g/mol. The number of rotatable bonds is 4. The second-order valence-electron chi connectivity index (χ2n) is 7.87. The number of hydrogen-bond donors (Lipinski definition) is 4. The van der Waals surface area contributed by atoms with Gasteiger partial charge in [-0.05, 0) is 48.9 Å². The van der Waals surface area contributed by atoms with Crippen molar-refractivity contribution in [3.63, 3.8) is 0 Å². The predicted molar refractivity (Wildman–Crippen MR) is 113 cm³/mol. The summed E-state index contributed by atoms with van der Waals surface area (Å²) in [5.41, 5.74) is 1.25. The minimum atomic E-state index is -1.19. The Morgan fingerprint density at radius 1 is 1.30 bits per heavy atom. The van der Waals surface area contributed by atoms with Gasteiger partial charge in [-0.15, -0.1) is 0 Å². The zero-order chi connectivity index (χ0) is 21.3. The Labute approximate surface area is 178 Å². The predicted octanol–water partition coefficient (Wildman–Crippen LogP) is 1.50. The zero-order valence-electron chi connectivity index (χ0n) is 16.7. The summed E-state index contributed by atoms with van der Waals surface area (Å²) in [6, 6.07) is 8.51. The summed E-state index contributed by atoms with van der Waals surface area (Å²) in [6.07, 6.45) is 0.554. The lowest BCUT2D eigenvalue weighted by atomic mass is 9.96. The number of nitrogens with zero attached hydrogens (tertiary/aromatic N) is 1. The highest BCUT2D eigenvalue weighted by molar-refractivity contribution is 7.15. The van der Waals surface area contributed by atoms with Crippen LogP contribution < -0.4 is 10.6 Å². The van der Waals surface area contributed by atoms with Crippen LogP contribution in [-0.2, 0) is 16.0 Å². The number of carbonyl (C=O) groups is 2. The summed E-state index contributed by atoms with van der Waals surface area (Å²) in [7, 11) is 1.97. The number of hydrogen-bond acceptors (Lipinski definition) is 7. The molecule has 0 saturated carbocycles. The van der Waals surface area contributed by atoms with Gasteiger partial charge in [-0.2, -0.15) is 0 Å². The van der Waals surface area contributed by atoms with E-state index in [1.807, 2.05) is 19.2 Å². The third-order valence-corrected chi connectivity index (χ3v) is 6.52. The smallest absolute Gasteiger partial charge is 0.262 e. The molecule has 1 aromatic carbocycles. The lowest BCUT2D eigenvalue weighted by molar-refractivity contribution is -0.122. The quantitative estimate of drug-likeness (QED) is 0.584. The second-order valence-corrected chi connectivity index (χ2v) is 8.93. The minimum absolute atomic E-state index is 0.0375. The molecule has 0 spiro atoms. The Balaban J connectivity index is 1.52. The number of anilines is 1. The van der Waals surface area contributed by atoms with Crippen LogP contribution in [0.25, 0.3) is 0 Å². The largest absolute Gasteiger partial charge is 0.499 e. The van der Waals surface area contributed by atoms with Crippen molar-refractivity contribution in [2.24, 2.45) is 0 Å². The summed E-state index contributed by atoms with van der Waals surface area (Å²) < 4.78 is 5.43. The number of benzene rings is 1. The molecule has 2 aromatic rings. The number of thiophene rings is 1. The molecule has 160 valence electrons. The molecule has 4 rings (SSSR count). The van der Waals surface area contributed by atoms with Crippen LogP contribution in [0.4, 0.5) is 5.69 Å². The van der Waals surface area contributed by atoms with Gasteiger partial charge in [0.15, 0.2) is 5.06 Å². The number of aromatic hydroxyl groups is 1. The fourth-order valence-corrected chi connectivity index (χ4v) is 4.53. The van der Waals surface area contributed by atoms with Gasteiger partial charge in [0.1, 0.15) is 5.54 Å². The number of aliphatic hydroxyl groups is 1. The van der Waals surface area contributed by atoms with Crippen molar-refractivity contribution < 1.29 is 24.5 Å². The van der Waals surface area contributed by atoms with Crippen LogP contribution >= 0.6 is 11.3 Å². The normalized spacial score (nSPS) is 24.1. The molecule has 1 aromatic heterocycles. The number of nitrogens with one attached hydrogen (secondary N) is 2. The van der Waals surface area contributed by atoms with Gasteiger partial charge >= 0.3 is 0 Å². The van der Waals surface area contributed by atoms with Crippen molar-refractivity contribution in [3.05, 3.63) is 46.3 Å². The molecule has 2 unspecified atom stereocenters. The SMILES string of the molecule is CN1CCc2ccc(NC(=O)C3(NC(=O)c4ccc(O)s4)CCOC3)cc2C(O)C1. The molecule has 2 atom stereocenters. The van der Waals surface area contributed by atoms with Crippen molar-refractivity contribution >= 4 is 28.8 Å². The molecule has 2 amide bonds. The van der Waals surface area contributed by atoms with E-state index in [4.69, 9.17) is 4.74 Å². The molecule has 2 aliphatic rings. The van der Waals surface area contributed by atoms with E-state index >= 15 is 0 Å². The number of fused-ring (bicyclic) bond motifs is 1. The van der Waals surface area contributed by atoms with Crippen molar-refractivity contribution in [2.45, 2.75) is 24.5 Å². The van der Waals surface area contributed by atoms with Crippen molar-refractivity contribution in [2.75, 3.05) is 38.7 Å². The number of aliphatic hydroxyl groups excluding tert-OH is 1. The maximum Gasteiger partial charge on any atom is 0.262 e. The van der Waals surface area contributed by atoms with E-state index in [0.29, 0.717) is 30.1 Å². The van der Waals surface area contributed by atoms with Crippen LogP contribution in [0, 0.1) is 0 Å². The van der Waals surface area contributed by atoms with Gasteiger partial charge in [0.2, 0.25) is 0 Å². The first-order valence-corrected chi connectivity index (χ1v) is 10.7. The van der Waals surface area contributed by atoms with Gasteiger partial charge in [-0.3, -0.25) is 9.59 Å². The maximum atomic E-state index is 13.2. The van der Waals surface area contributed by atoms with Crippen molar-refractivity contribution in [1.29, 1.82) is 0 Å². The summed E-state index contributed by atoms with van der Waals surface area (Å²) in [5.74, 6) is -0.796. The number of ether oxygens (including phenoxy) is 1. The van der Waals surface area contributed by atoms with E-state index in [9.17, 15) is 19.8 Å². The average Bonchev–Trinajstić information content (AvgIpc) is 3.33. The number of amides is 2. The van der Waals surface area contributed by atoms with Gasteiger partial charge in [0.05, 0.1) is 17.6 Å². The monoisotopic (exact) mass is 431 g/mol. The van der Waals surface area contributed by atoms with E-state index in [-0.39, 0.29) is 17.6 Å². The van der Waals surface area contributed by atoms with Crippen LogP contribution in [0.1, 0.15) is 33.3 Å². The lowest BCUT2D eigenvalue weighted by Crippen LogP contribution is -2.57. The Bertz CT molecular complexity index is 954. The maximum absolute atomic E-state index is 13.2. The molecule has 8 nitrogen and oxygen atoms in total. The first kappa shape index (κ1) is 20.8. The minimum Gasteiger partial charge on any atom is -0.499 e. The number of β-amino-alcohol motifs (C(OH)–C–C–N with tert-alkyl or cyclic N) is 1. The molecule has 2 aliphatic heterocycles. The van der Waals surface area contributed by atoms with E-state index in [1.165, 1.54) is 12.1 Å². The van der Waals surface area contributed by atoms with Crippen LogP contribution in [0.3, 0.4) is 0 Å². The Morgan fingerprint density at radius 3 is 2.83 bits per heavy atom. The Morgan fingerprint density at radius 2 is 2.13 bits per heavy atom. The van der Waals surface area contributed by atoms with Crippen LogP contribution in [0.2, 0.25) is 0 Å². The molecule has 4 N–H and O–H groups in total. The van der Waals surface area contributed by atoms with Gasteiger partial charge in [-0.1, -0.05) is 17.4 Å². The van der Waals surface area contributed by atoms with E-state index in [2.05, 4.69) is 15.5 Å². The number of carbonyl (C=O) groups excluding carboxylic acids is 2. The fraction of sp³-hybridized carbons (Fsp3) is 0.429. The Hall–Kier alpha value is -2.46. The third kappa shape index (κ3) is 4.20. The summed E-state index contributed by atoms with van der Waals surface area (Å²) in [6.45, 7) is 1.82. The van der Waals surface area contributed by atoms with Crippen LogP contribution in [-0.4, -0.2) is 65.8 Å². The first-order valence-electron chi connectivity index (χ1n) is 9.86. The number of likely N-dealkylation sites (N-methyl/N-ethyl adjacent to an activating group) is 1. The molecule has 30 heavy (non-hydrogen) atoms. The topological polar surface area (TPSA) is 111 Å². The molecular formula is C21H25N3O5S. The zero-order valence-corrected chi connectivity index (χ0v) is 17.5. The van der Waals surface area contributed by atoms with Gasteiger partial charge in [-0.25, -0.2) is 0 Å². The van der Waals surface area contributed by atoms with Gasteiger partial charge < -0.3 is 30.5 Å². The molecular weight excluding hydrogens is 406 g/mol. The van der Waals surface area contributed by atoms with Crippen molar-refractivity contribution in [3.8, 4) is 5.06 Å². The molecule has 0 radical (unpaired) electrons. The fourth-order valence-electron chi connectivity index (χ4n) is 3.89. The lowest BCUT2D eigenvalue weighted by Gasteiger charge is -2.27. The van der Waals surface area contributed by atoms with Gasteiger partial charge in [0.25, 0.3) is 11.8 Å². The second kappa shape index (κ2) is 8.35. The van der Waals surface area contributed by atoms with Gasteiger partial charge in [0, 0.05) is 31.8 Å². The summed E-state index contributed by atoms with van der Waals surface area (Å²) in [4.78, 5) is 28.1. The van der Waals surface area contributed by atoms with E-state index in [0.717, 1.165) is 35.4 Å². The van der Waals surface area contributed by atoms with Crippen LogP contribution in [0.15, 0.2) is 30.3 Å². The summed E-state index contributed by atoms with van der Waals surface area (Å²) in [5, 5.41) is 25.7. The molecule has 0 aliphatic carbocycles. The molecule has 3 heterocycles. The van der Waals surface area contributed by atoms with E-state index < -0.39 is 17.6 Å². The third-order valence-electron chi connectivity index (χ3n) is 5.63. The Kier molecular flexibility index (Phi) is 5.79. The first-order chi connectivity index (χ1) is 14.4. The standard InChI is InChI=1S/C21H25N3O5S/c1-24-8-6-13-2-3-14(10-15(13)16(25)11-24)22-20(28)21(7-9-29-12-21)23-19(27)17-4-5-18(26)30-17/h2-5,10,16,25-26H,6-9,11-12H2,1H3,(H,22,28)(H,23,27).